The fraction of sp³-hybridized carbons (Fsp3) is 0.500. The minimum atomic E-state index is -0.137. The van der Waals surface area contributed by atoms with Gasteiger partial charge in [0.15, 0.2) is 5.96 Å². The molecule has 2 N–H and O–H groups in total. The summed E-state index contributed by atoms with van der Waals surface area (Å²) in [6.45, 7) is 5.04. The Hall–Kier alpha value is -2.48. The number of amides is 1. The zero-order valence-electron chi connectivity index (χ0n) is 14.8. The second-order valence-electron chi connectivity index (χ2n) is 6.97. The molecule has 0 aromatic heterocycles. The Kier molecular flexibility index (Phi) is 5.28. The van der Waals surface area contributed by atoms with Gasteiger partial charge in [-0.15, -0.1) is 6.42 Å². The van der Waals surface area contributed by atoms with Crippen molar-refractivity contribution in [2.45, 2.75) is 32.6 Å². The lowest BCUT2D eigenvalue weighted by Gasteiger charge is -2.38. The lowest BCUT2D eigenvalue weighted by molar-refractivity contribution is -0.114. The van der Waals surface area contributed by atoms with Gasteiger partial charge in [0.25, 0.3) is 0 Å². The van der Waals surface area contributed by atoms with E-state index >= 15 is 0 Å². The first kappa shape index (κ1) is 17.3. The maximum absolute atomic E-state index is 12.2. The smallest absolute Gasteiger partial charge is 0.246 e. The fourth-order valence-corrected chi connectivity index (χ4v) is 3.66. The third kappa shape index (κ3) is 4.14. The van der Waals surface area contributed by atoms with Crippen LogP contribution >= 0.6 is 0 Å². The minimum Gasteiger partial charge on any atom is -0.357 e. The normalized spacial score (nSPS) is 18.6. The Morgan fingerprint density at radius 1 is 1.40 bits per heavy atom. The number of nitrogens with one attached hydrogen (secondary N) is 2. The van der Waals surface area contributed by atoms with Gasteiger partial charge in [-0.2, -0.15) is 0 Å². The third-order valence-electron chi connectivity index (χ3n) is 5.17. The number of hydrogen-bond donors (Lipinski definition) is 2. The number of carbonyl (C=O) groups excluding carboxylic acids is 1. The number of rotatable bonds is 4. The number of nitrogens with zero attached hydrogens (tertiary/aromatic N) is 2. The molecule has 132 valence electrons. The van der Waals surface area contributed by atoms with Crippen molar-refractivity contribution in [2.24, 2.45) is 10.4 Å². The van der Waals surface area contributed by atoms with Gasteiger partial charge >= 0.3 is 0 Å². The molecule has 0 bridgehead atoms. The van der Waals surface area contributed by atoms with Gasteiger partial charge in [0, 0.05) is 30.9 Å². The molecular weight excluding hydrogens is 312 g/mol. The maximum atomic E-state index is 12.2. The van der Waals surface area contributed by atoms with E-state index in [0.717, 1.165) is 31.2 Å². The van der Waals surface area contributed by atoms with E-state index in [1.54, 1.807) is 6.07 Å². The van der Waals surface area contributed by atoms with Gasteiger partial charge in [0.1, 0.15) is 6.54 Å². The van der Waals surface area contributed by atoms with E-state index in [0.29, 0.717) is 11.1 Å². The molecule has 1 aromatic rings. The number of carbonyl (C=O) groups is 1. The van der Waals surface area contributed by atoms with Crippen LogP contribution in [0.4, 0.5) is 5.69 Å². The molecule has 1 aliphatic carbocycles. The monoisotopic (exact) mass is 338 g/mol. The summed E-state index contributed by atoms with van der Waals surface area (Å²) in [4.78, 5) is 19.1. The van der Waals surface area contributed by atoms with Crippen LogP contribution in [0.3, 0.4) is 0 Å². The molecule has 2 aliphatic rings. The van der Waals surface area contributed by atoms with E-state index < -0.39 is 0 Å². The highest BCUT2D eigenvalue weighted by molar-refractivity contribution is 5.94. The zero-order chi connectivity index (χ0) is 17.7. The molecule has 0 atom stereocenters. The number of guanidine groups is 1. The van der Waals surface area contributed by atoms with E-state index in [9.17, 15) is 4.79 Å². The highest BCUT2D eigenvalue weighted by Gasteiger charge is 2.43. The van der Waals surface area contributed by atoms with Gasteiger partial charge in [-0.1, -0.05) is 18.4 Å². The van der Waals surface area contributed by atoms with Crippen molar-refractivity contribution in [2.75, 3.05) is 31.5 Å². The van der Waals surface area contributed by atoms with Gasteiger partial charge in [-0.3, -0.25) is 4.79 Å². The topological polar surface area (TPSA) is 56.7 Å². The molecule has 1 aromatic carbocycles. The Balaban J connectivity index is 1.59. The molecule has 25 heavy (non-hydrogen) atoms. The SMILES string of the molecule is C#Cc1cccc(NC(=O)CN=C(NCC)N2CCC3(CCC3)C2)c1. The van der Waals surface area contributed by atoms with Gasteiger partial charge in [0.2, 0.25) is 5.91 Å². The average molecular weight is 338 g/mol. The molecule has 1 saturated heterocycles. The van der Waals surface area contributed by atoms with E-state index in [2.05, 4.69) is 33.4 Å². The summed E-state index contributed by atoms with van der Waals surface area (Å²) in [6, 6.07) is 7.28. The summed E-state index contributed by atoms with van der Waals surface area (Å²) in [5.41, 5.74) is 1.96. The van der Waals surface area contributed by atoms with Crippen LogP contribution in [-0.2, 0) is 4.79 Å². The van der Waals surface area contributed by atoms with E-state index in [4.69, 9.17) is 6.42 Å². The van der Waals surface area contributed by atoms with Gasteiger partial charge in [0.05, 0.1) is 0 Å². The van der Waals surface area contributed by atoms with E-state index in [-0.39, 0.29) is 12.5 Å². The summed E-state index contributed by atoms with van der Waals surface area (Å²) in [5, 5.41) is 6.17. The quantitative estimate of drug-likeness (QED) is 0.504. The van der Waals surface area contributed by atoms with Gasteiger partial charge in [-0.05, 0) is 49.8 Å². The van der Waals surface area contributed by atoms with Crippen LogP contribution in [0.5, 0.6) is 0 Å². The lowest BCUT2D eigenvalue weighted by atomic mass is 9.68. The highest BCUT2D eigenvalue weighted by atomic mass is 16.1. The molecule has 3 rings (SSSR count). The molecule has 1 heterocycles. The lowest BCUT2D eigenvalue weighted by Crippen LogP contribution is -2.43. The number of hydrogen-bond acceptors (Lipinski definition) is 2. The van der Waals surface area contributed by atoms with Crippen molar-refractivity contribution >= 4 is 17.6 Å². The molecule has 1 saturated carbocycles. The molecule has 1 amide bonds. The van der Waals surface area contributed by atoms with Crippen molar-refractivity contribution in [1.29, 1.82) is 0 Å². The van der Waals surface area contributed by atoms with Crippen molar-refractivity contribution in [3.63, 3.8) is 0 Å². The first-order chi connectivity index (χ1) is 12.1. The third-order valence-corrected chi connectivity index (χ3v) is 5.17. The predicted octanol–water partition coefficient (Wildman–Crippen LogP) is 2.45. The first-order valence-corrected chi connectivity index (χ1v) is 9.04. The van der Waals surface area contributed by atoms with Crippen molar-refractivity contribution in [1.82, 2.24) is 10.2 Å². The van der Waals surface area contributed by atoms with Crippen LogP contribution in [0.25, 0.3) is 0 Å². The second-order valence-corrected chi connectivity index (χ2v) is 6.97. The maximum Gasteiger partial charge on any atom is 0.246 e. The highest BCUT2D eigenvalue weighted by Crippen LogP contribution is 2.47. The summed E-state index contributed by atoms with van der Waals surface area (Å²) in [6.07, 6.45) is 10.6. The van der Waals surface area contributed by atoms with Crippen LogP contribution in [0.1, 0.15) is 38.2 Å². The molecule has 0 unspecified atom stereocenters. The number of likely N-dealkylation sites (tertiary alicyclic amines) is 1. The molecular formula is C20H26N4O. The standard InChI is InChI=1S/C20H26N4O/c1-3-16-7-5-8-17(13-16)23-18(25)14-22-19(21-4-2)24-12-11-20(15-24)9-6-10-20/h1,5,7-8,13H,4,6,9-12,14-15H2,2H3,(H,21,22)(H,23,25). The van der Waals surface area contributed by atoms with Gasteiger partial charge in [-0.25, -0.2) is 4.99 Å². The van der Waals surface area contributed by atoms with Crippen molar-refractivity contribution in [3.8, 4) is 12.3 Å². The van der Waals surface area contributed by atoms with Gasteiger partial charge < -0.3 is 15.5 Å². The van der Waals surface area contributed by atoms with Crippen LogP contribution in [0, 0.1) is 17.8 Å². The molecule has 5 nitrogen and oxygen atoms in total. The average Bonchev–Trinajstić information content (AvgIpc) is 3.04. The predicted molar refractivity (Wildman–Crippen MR) is 101 cm³/mol. The molecule has 0 radical (unpaired) electrons. The number of terminal acetylenes is 1. The zero-order valence-corrected chi connectivity index (χ0v) is 14.8. The summed E-state index contributed by atoms with van der Waals surface area (Å²) in [5.74, 6) is 3.28. The Bertz CT molecular complexity index is 700. The molecule has 2 fully saturated rings. The fourth-order valence-electron chi connectivity index (χ4n) is 3.66. The Morgan fingerprint density at radius 2 is 2.24 bits per heavy atom. The largest absolute Gasteiger partial charge is 0.357 e. The van der Waals surface area contributed by atoms with Crippen molar-refractivity contribution in [3.05, 3.63) is 29.8 Å². The first-order valence-electron chi connectivity index (χ1n) is 9.04. The molecule has 5 heteroatoms. The van der Waals surface area contributed by atoms with Crippen LogP contribution in [0.15, 0.2) is 29.3 Å². The van der Waals surface area contributed by atoms with Crippen molar-refractivity contribution < 1.29 is 4.79 Å². The van der Waals surface area contributed by atoms with Crippen LogP contribution in [0.2, 0.25) is 0 Å². The number of aliphatic imine (C=N–C) groups is 1. The van der Waals surface area contributed by atoms with E-state index in [1.807, 2.05) is 18.2 Å². The van der Waals surface area contributed by atoms with Crippen LogP contribution < -0.4 is 10.6 Å². The summed E-state index contributed by atoms with van der Waals surface area (Å²) < 4.78 is 0. The number of benzene rings is 1. The summed E-state index contributed by atoms with van der Waals surface area (Å²) in [7, 11) is 0. The summed E-state index contributed by atoms with van der Waals surface area (Å²) >= 11 is 0. The number of anilines is 1. The minimum absolute atomic E-state index is 0.103. The second kappa shape index (κ2) is 7.60. The van der Waals surface area contributed by atoms with Crippen LogP contribution in [-0.4, -0.2) is 42.9 Å². The Morgan fingerprint density at radius 3 is 2.88 bits per heavy atom. The molecule has 1 aliphatic heterocycles. The van der Waals surface area contributed by atoms with E-state index in [1.165, 1.54) is 25.7 Å². The molecule has 1 spiro atoms. The Labute approximate surface area is 149 Å².